The maximum Gasteiger partial charge on any atom is 0.327 e. The summed E-state index contributed by atoms with van der Waals surface area (Å²) in [5.74, 6) is 2.44. The Bertz CT molecular complexity index is 335. The minimum absolute atomic E-state index is 0.0625. The van der Waals surface area contributed by atoms with Crippen LogP contribution in [0.4, 0.5) is 4.79 Å². The van der Waals surface area contributed by atoms with Crippen LogP contribution in [-0.4, -0.2) is 40.4 Å². The van der Waals surface area contributed by atoms with Crippen LogP contribution in [0, 0.1) is 12.3 Å². The van der Waals surface area contributed by atoms with Crippen LogP contribution in [0.2, 0.25) is 0 Å². The first-order valence-electron chi connectivity index (χ1n) is 5.74. The van der Waals surface area contributed by atoms with Gasteiger partial charge in [-0.05, 0) is 26.2 Å². The number of carbonyl (C=O) groups is 2. The molecule has 0 bridgehead atoms. The fraction of sp³-hybridized carbons (Fsp3) is 0.667. The van der Waals surface area contributed by atoms with Crippen molar-refractivity contribution >= 4 is 11.9 Å². The topological polar surface area (TPSA) is 40.6 Å². The summed E-state index contributed by atoms with van der Waals surface area (Å²) in [4.78, 5) is 27.1. The molecule has 2 atom stereocenters. The predicted molar refractivity (Wildman–Crippen MR) is 59.5 cm³/mol. The minimum atomic E-state index is -0.221. The number of fused-ring (bicyclic) bond motifs is 1. The standard InChI is InChI=1S/C12H16N2O2/c1-3-6-9(2)14-11(15)10-7-4-5-8-13(10)12(14)16/h1,9-10H,4-8H2,2H3. The molecule has 2 rings (SSSR count). The fourth-order valence-corrected chi connectivity index (χ4v) is 2.48. The lowest BCUT2D eigenvalue weighted by Gasteiger charge is -2.26. The van der Waals surface area contributed by atoms with Crippen molar-refractivity contribution in [2.45, 2.75) is 44.7 Å². The number of terminal acetylenes is 1. The van der Waals surface area contributed by atoms with Gasteiger partial charge in [0.1, 0.15) is 6.04 Å². The monoisotopic (exact) mass is 220 g/mol. The van der Waals surface area contributed by atoms with E-state index in [4.69, 9.17) is 6.42 Å². The van der Waals surface area contributed by atoms with Gasteiger partial charge in [0.2, 0.25) is 0 Å². The molecule has 0 saturated carbocycles. The molecule has 0 aromatic rings. The van der Waals surface area contributed by atoms with Crippen LogP contribution in [0.3, 0.4) is 0 Å². The van der Waals surface area contributed by atoms with Gasteiger partial charge < -0.3 is 4.90 Å². The molecule has 0 aromatic heterocycles. The normalized spacial score (nSPS) is 26.6. The van der Waals surface area contributed by atoms with E-state index in [2.05, 4.69) is 5.92 Å². The number of piperidine rings is 1. The average molecular weight is 220 g/mol. The SMILES string of the molecule is C#CCC(C)N1C(=O)C2CCCCN2C1=O. The van der Waals surface area contributed by atoms with E-state index in [-0.39, 0.29) is 24.0 Å². The molecular weight excluding hydrogens is 204 g/mol. The average Bonchev–Trinajstić information content (AvgIpc) is 2.53. The van der Waals surface area contributed by atoms with Gasteiger partial charge in [0.15, 0.2) is 0 Å². The van der Waals surface area contributed by atoms with Crippen molar-refractivity contribution in [1.82, 2.24) is 9.80 Å². The summed E-state index contributed by atoms with van der Waals surface area (Å²) in [6.07, 6.45) is 8.46. The first kappa shape index (κ1) is 11.0. The number of amides is 3. The number of hydrogen-bond acceptors (Lipinski definition) is 2. The Morgan fingerprint density at radius 2 is 2.25 bits per heavy atom. The Kier molecular flexibility index (Phi) is 2.86. The predicted octanol–water partition coefficient (Wildman–Crippen LogP) is 1.21. The fourth-order valence-electron chi connectivity index (χ4n) is 2.48. The Hall–Kier alpha value is -1.50. The zero-order chi connectivity index (χ0) is 11.7. The van der Waals surface area contributed by atoms with Gasteiger partial charge in [-0.3, -0.25) is 9.69 Å². The smallest absolute Gasteiger partial charge is 0.312 e. The third-order valence-corrected chi connectivity index (χ3v) is 3.33. The lowest BCUT2D eigenvalue weighted by molar-refractivity contribution is -0.130. The van der Waals surface area contributed by atoms with E-state index in [0.717, 1.165) is 19.3 Å². The molecule has 0 aromatic carbocycles. The van der Waals surface area contributed by atoms with E-state index in [1.54, 1.807) is 4.90 Å². The molecule has 2 aliphatic rings. The number of carbonyl (C=O) groups excluding carboxylic acids is 2. The van der Waals surface area contributed by atoms with Gasteiger partial charge in [0.25, 0.3) is 5.91 Å². The molecule has 2 heterocycles. The van der Waals surface area contributed by atoms with Gasteiger partial charge >= 0.3 is 6.03 Å². The second-order valence-corrected chi connectivity index (χ2v) is 4.45. The summed E-state index contributed by atoms with van der Waals surface area (Å²) in [6.45, 7) is 2.53. The van der Waals surface area contributed by atoms with Gasteiger partial charge in [-0.2, -0.15) is 0 Å². The van der Waals surface area contributed by atoms with E-state index in [1.807, 2.05) is 6.92 Å². The highest BCUT2D eigenvalue weighted by Crippen LogP contribution is 2.28. The van der Waals surface area contributed by atoms with Crippen LogP contribution in [0.1, 0.15) is 32.6 Å². The van der Waals surface area contributed by atoms with Gasteiger partial charge in [-0.1, -0.05) is 0 Å². The van der Waals surface area contributed by atoms with Crippen molar-refractivity contribution in [2.75, 3.05) is 6.54 Å². The van der Waals surface area contributed by atoms with Crippen LogP contribution in [0.25, 0.3) is 0 Å². The second kappa shape index (κ2) is 4.17. The minimum Gasteiger partial charge on any atom is -0.312 e. The quantitative estimate of drug-likeness (QED) is 0.518. The Labute approximate surface area is 95.6 Å². The molecule has 2 unspecified atom stereocenters. The van der Waals surface area contributed by atoms with Crippen molar-refractivity contribution in [3.63, 3.8) is 0 Å². The van der Waals surface area contributed by atoms with E-state index in [1.165, 1.54) is 4.90 Å². The molecule has 0 spiro atoms. The summed E-state index contributed by atoms with van der Waals surface area (Å²) in [5.41, 5.74) is 0. The number of nitrogens with zero attached hydrogens (tertiary/aromatic N) is 2. The second-order valence-electron chi connectivity index (χ2n) is 4.45. The molecule has 16 heavy (non-hydrogen) atoms. The number of imide groups is 1. The number of urea groups is 1. The Morgan fingerprint density at radius 3 is 2.88 bits per heavy atom. The highest BCUT2D eigenvalue weighted by Gasteiger charge is 2.47. The largest absolute Gasteiger partial charge is 0.327 e. The zero-order valence-corrected chi connectivity index (χ0v) is 9.48. The molecule has 86 valence electrons. The molecule has 4 heteroatoms. The van der Waals surface area contributed by atoms with Crippen LogP contribution >= 0.6 is 0 Å². The lowest BCUT2D eigenvalue weighted by Crippen LogP contribution is -2.40. The maximum atomic E-state index is 12.1. The number of hydrogen-bond donors (Lipinski definition) is 0. The summed E-state index contributed by atoms with van der Waals surface area (Å²) >= 11 is 0. The highest BCUT2D eigenvalue weighted by molar-refractivity contribution is 6.04. The molecule has 0 N–H and O–H groups in total. The molecule has 2 fully saturated rings. The van der Waals surface area contributed by atoms with Crippen LogP contribution in [0.15, 0.2) is 0 Å². The van der Waals surface area contributed by atoms with Gasteiger partial charge in [-0.15, -0.1) is 12.3 Å². The number of rotatable bonds is 2. The van der Waals surface area contributed by atoms with Gasteiger partial charge in [0.05, 0.1) is 0 Å². The highest BCUT2D eigenvalue weighted by atomic mass is 16.2. The third kappa shape index (κ3) is 1.57. The molecule has 0 aliphatic carbocycles. The summed E-state index contributed by atoms with van der Waals surface area (Å²) in [6, 6.07) is -0.561. The Morgan fingerprint density at radius 1 is 1.50 bits per heavy atom. The first-order chi connectivity index (χ1) is 7.66. The van der Waals surface area contributed by atoms with E-state index < -0.39 is 0 Å². The van der Waals surface area contributed by atoms with Gasteiger partial charge in [0, 0.05) is 19.0 Å². The van der Waals surface area contributed by atoms with Crippen molar-refractivity contribution in [1.29, 1.82) is 0 Å². The Balaban J connectivity index is 2.19. The summed E-state index contributed by atoms with van der Waals surface area (Å²) < 4.78 is 0. The van der Waals surface area contributed by atoms with Gasteiger partial charge in [-0.25, -0.2) is 4.79 Å². The maximum absolute atomic E-state index is 12.1. The van der Waals surface area contributed by atoms with Crippen molar-refractivity contribution < 1.29 is 9.59 Å². The van der Waals surface area contributed by atoms with Crippen LogP contribution in [0.5, 0.6) is 0 Å². The van der Waals surface area contributed by atoms with E-state index in [9.17, 15) is 9.59 Å². The first-order valence-corrected chi connectivity index (χ1v) is 5.74. The third-order valence-electron chi connectivity index (χ3n) is 3.33. The molecule has 0 radical (unpaired) electrons. The van der Waals surface area contributed by atoms with Crippen LogP contribution < -0.4 is 0 Å². The van der Waals surface area contributed by atoms with Crippen molar-refractivity contribution in [3.8, 4) is 12.3 Å². The van der Waals surface area contributed by atoms with Crippen LogP contribution in [-0.2, 0) is 4.79 Å². The van der Waals surface area contributed by atoms with Crippen molar-refractivity contribution in [3.05, 3.63) is 0 Å². The molecular formula is C12H16N2O2. The molecule has 4 nitrogen and oxygen atoms in total. The molecule has 2 saturated heterocycles. The van der Waals surface area contributed by atoms with E-state index >= 15 is 0 Å². The summed E-state index contributed by atoms with van der Waals surface area (Å²) in [5, 5.41) is 0. The zero-order valence-electron chi connectivity index (χ0n) is 9.48. The summed E-state index contributed by atoms with van der Waals surface area (Å²) in [7, 11) is 0. The molecule has 2 aliphatic heterocycles. The van der Waals surface area contributed by atoms with Crippen molar-refractivity contribution in [2.24, 2.45) is 0 Å². The lowest BCUT2D eigenvalue weighted by atomic mass is 10.0. The molecule has 3 amide bonds. The van der Waals surface area contributed by atoms with E-state index in [0.29, 0.717) is 13.0 Å².